The number of pyridine rings is 1. The second-order valence-corrected chi connectivity index (χ2v) is 5.09. The number of hydrogen-bond donors (Lipinski definition) is 1. The summed E-state index contributed by atoms with van der Waals surface area (Å²) in [7, 11) is 0. The van der Waals surface area contributed by atoms with E-state index >= 15 is 0 Å². The van der Waals surface area contributed by atoms with Gasteiger partial charge in [-0.05, 0) is 19.1 Å². The number of aromatic nitrogens is 2. The van der Waals surface area contributed by atoms with Crippen LogP contribution in [-0.2, 0) is 6.42 Å². The summed E-state index contributed by atoms with van der Waals surface area (Å²) >= 11 is 1.69. The Morgan fingerprint density at radius 2 is 2.33 bits per heavy atom. The van der Waals surface area contributed by atoms with Crippen LogP contribution < -0.4 is 5.32 Å². The van der Waals surface area contributed by atoms with E-state index in [0.717, 1.165) is 40.5 Å². The topological polar surface area (TPSA) is 51.0 Å². The van der Waals surface area contributed by atoms with Crippen LogP contribution in [0.25, 0.3) is 11.0 Å². The van der Waals surface area contributed by atoms with E-state index in [4.69, 9.17) is 4.42 Å². The number of aryl methyl sites for hydroxylation is 1. The number of anilines is 1. The average molecular weight is 259 g/mol. The van der Waals surface area contributed by atoms with E-state index in [1.54, 1.807) is 23.8 Å². The minimum Gasteiger partial charge on any atom is -0.464 e. The normalized spacial score (nSPS) is 10.9. The highest BCUT2D eigenvalue weighted by atomic mass is 32.1. The number of rotatable bonds is 4. The molecule has 5 heteroatoms. The third-order valence-electron chi connectivity index (χ3n) is 2.72. The molecule has 0 spiro atoms. The van der Waals surface area contributed by atoms with Crippen LogP contribution >= 0.6 is 11.3 Å². The van der Waals surface area contributed by atoms with Gasteiger partial charge in [-0.2, -0.15) is 0 Å². The zero-order valence-electron chi connectivity index (χ0n) is 10.0. The zero-order valence-corrected chi connectivity index (χ0v) is 10.8. The predicted molar refractivity (Wildman–Crippen MR) is 73.1 cm³/mol. The summed E-state index contributed by atoms with van der Waals surface area (Å²) in [6.07, 6.45) is 4.34. The first kappa shape index (κ1) is 11.2. The maximum absolute atomic E-state index is 5.34. The van der Waals surface area contributed by atoms with Crippen LogP contribution in [-0.4, -0.2) is 16.5 Å². The van der Waals surface area contributed by atoms with Crippen molar-refractivity contribution in [1.82, 2.24) is 9.97 Å². The van der Waals surface area contributed by atoms with Crippen molar-refractivity contribution in [3.05, 3.63) is 40.7 Å². The molecule has 4 nitrogen and oxygen atoms in total. The minimum atomic E-state index is 0.820. The first-order valence-corrected chi connectivity index (χ1v) is 6.68. The molecule has 0 aliphatic heterocycles. The maximum Gasteiger partial charge on any atom is 0.139 e. The van der Waals surface area contributed by atoms with Gasteiger partial charge in [-0.1, -0.05) is 0 Å². The van der Waals surface area contributed by atoms with Gasteiger partial charge in [0.2, 0.25) is 0 Å². The van der Waals surface area contributed by atoms with Crippen LogP contribution in [0.15, 0.2) is 34.4 Å². The first-order valence-electron chi connectivity index (χ1n) is 5.80. The molecule has 0 aliphatic carbocycles. The monoisotopic (exact) mass is 259 g/mol. The van der Waals surface area contributed by atoms with Gasteiger partial charge in [0.25, 0.3) is 0 Å². The van der Waals surface area contributed by atoms with Gasteiger partial charge in [-0.15, -0.1) is 11.3 Å². The Morgan fingerprint density at radius 1 is 1.39 bits per heavy atom. The van der Waals surface area contributed by atoms with Crippen LogP contribution in [0.5, 0.6) is 0 Å². The van der Waals surface area contributed by atoms with Gasteiger partial charge in [0.1, 0.15) is 11.4 Å². The average Bonchev–Trinajstić information content (AvgIpc) is 2.98. The van der Waals surface area contributed by atoms with E-state index in [1.165, 1.54) is 0 Å². The molecule has 0 amide bonds. The molecule has 0 unspecified atom stereocenters. The van der Waals surface area contributed by atoms with Crippen LogP contribution in [0.1, 0.15) is 10.7 Å². The fourth-order valence-corrected chi connectivity index (χ4v) is 2.51. The number of hydrogen-bond acceptors (Lipinski definition) is 5. The van der Waals surface area contributed by atoms with Crippen LogP contribution in [0, 0.1) is 6.92 Å². The summed E-state index contributed by atoms with van der Waals surface area (Å²) in [6, 6.07) is 3.79. The highest BCUT2D eigenvalue weighted by Crippen LogP contribution is 2.21. The molecule has 0 saturated heterocycles. The number of furan rings is 1. The second-order valence-electron chi connectivity index (χ2n) is 4.03. The third kappa shape index (κ3) is 2.22. The van der Waals surface area contributed by atoms with Crippen molar-refractivity contribution in [2.45, 2.75) is 13.3 Å². The molecule has 0 atom stereocenters. The maximum atomic E-state index is 5.34. The molecule has 0 bridgehead atoms. The van der Waals surface area contributed by atoms with Crippen molar-refractivity contribution < 1.29 is 4.42 Å². The lowest BCUT2D eigenvalue weighted by molar-refractivity contribution is 0.615. The molecule has 3 rings (SSSR count). The molecular formula is C13H13N3OS. The lowest BCUT2D eigenvalue weighted by Gasteiger charge is -2.04. The molecule has 3 aromatic heterocycles. The number of nitrogens with one attached hydrogen (secondary N) is 1. The molecule has 0 aliphatic rings. The van der Waals surface area contributed by atoms with Gasteiger partial charge in [0.15, 0.2) is 0 Å². The van der Waals surface area contributed by atoms with Crippen molar-refractivity contribution in [1.29, 1.82) is 0 Å². The SMILES string of the molecule is Cc1nc(CCNc2nccc3occc23)cs1. The lowest BCUT2D eigenvalue weighted by Crippen LogP contribution is -2.06. The van der Waals surface area contributed by atoms with E-state index in [9.17, 15) is 0 Å². The quantitative estimate of drug-likeness (QED) is 0.781. The van der Waals surface area contributed by atoms with Crippen molar-refractivity contribution in [3.63, 3.8) is 0 Å². The molecule has 3 aromatic rings. The molecule has 0 saturated carbocycles. The Morgan fingerprint density at radius 3 is 3.17 bits per heavy atom. The summed E-state index contributed by atoms with van der Waals surface area (Å²) < 4.78 is 5.34. The van der Waals surface area contributed by atoms with Crippen molar-refractivity contribution in [2.24, 2.45) is 0 Å². The fourth-order valence-electron chi connectivity index (χ4n) is 1.87. The highest BCUT2D eigenvalue weighted by Gasteiger charge is 2.04. The smallest absolute Gasteiger partial charge is 0.139 e. The number of fused-ring (bicyclic) bond motifs is 1. The largest absolute Gasteiger partial charge is 0.464 e. The Kier molecular flexibility index (Phi) is 2.98. The summed E-state index contributed by atoms with van der Waals surface area (Å²) in [5, 5.41) is 7.56. The molecular weight excluding hydrogens is 246 g/mol. The molecule has 0 fully saturated rings. The van der Waals surface area contributed by atoms with E-state index in [1.807, 2.05) is 19.1 Å². The molecule has 92 valence electrons. The first-order chi connectivity index (χ1) is 8.83. The third-order valence-corrected chi connectivity index (χ3v) is 3.54. The van der Waals surface area contributed by atoms with Crippen molar-refractivity contribution >= 4 is 28.1 Å². The predicted octanol–water partition coefficient (Wildman–Crippen LogP) is 3.25. The fraction of sp³-hybridized carbons (Fsp3) is 0.231. The zero-order chi connectivity index (χ0) is 12.4. The molecule has 18 heavy (non-hydrogen) atoms. The standard InChI is InChI=1S/C13H13N3OS/c1-9-16-10(8-18-9)2-5-14-13-11-4-7-17-12(11)3-6-15-13/h3-4,6-8H,2,5H2,1H3,(H,14,15). The van der Waals surface area contributed by atoms with Crippen molar-refractivity contribution in [2.75, 3.05) is 11.9 Å². The van der Waals surface area contributed by atoms with Crippen LogP contribution in [0.3, 0.4) is 0 Å². The second kappa shape index (κ2) is 4.78. The Labute approximate surface area is 109 Å². The summed E-state index contributed by atoms with van der Waals surface area (Å²) in [4.78, 5) is 8.76. The summed E-state index contributed by atoms with van der Waals surface area (Å²) in [5.41, 5.74) is 1.99. The van der Waals surface area contributed by atoms with E-state index < -0.39 is 0 Å². The van der Waals surface area contributed by atoms with Crippen molar-refractivity contribution in [3.8, 4) is 0 Å². The Hall–Kier alpha value is -1.88. The van der Waals surface area contributed by atoms with Crippen LogP contribution in [0.2, 0.25) is 0 Å². The van der Waals surface area contributed by atoms with Gasteiger partial charge in [0, 0.05) is 24.5 Å². The Balaban J connectivity index is 1.68. The van der Waals surface area contributed by atoms with Gasteiger partial charge in [-0.25, -0.2) is 9.97 Å². The molecule has 1 N–H and O–H groups in total. The molecule has 0 radical (unpaired) electrons. The summed E-state index contributed by atoms with van der Waals surface area (Å²) in [5.74, 6) is 0.869. The van der Waals surface area contributed by atoms with Gasteiger partial charge in [0.05, 0.1) is 22.4 Å². The van der Waals surface area contributed by atoms with E-state index in [0.29, 0.717) is 0 Å². The molecule has 3 heterocycles. The number of thiazole rings is 1. The lowest BCUT2D eigenvalue weighted by atomic mass is 10.3. The number of nitrogens with zero attached hydrogens (tertiary/aromatic N) is 2. The minimum absolute atomic E-state index is 0.820. The highest BCUT2D eigenvalue weighted by molar-refractivity contribution is 7.09. The Bertz CT molecular complexity index is 659. The van der Waals surface area contributed by atoms with Gasteiger partial charge < -0.3 is 9.73 Å². The van der Waals surface area contributed by atoms with Gasteiger partial charge in [-0.3, -0.25) is 0 Å². The van der Waals surface area contributed by atoms with Gasteiger partial charge >= 0.3 is 0 Å². The van der Waals surface area contributed by atoms with Crippen LogP contribution in [0.4, 0.5) is 5.82 Å². The molecule has 0 aromatic carbocycles. The van der Waals surface area contributed by atoms with E-state index in [2.05, 4.69) is 20.7 Å². The summed E-state index contributed by atoms with van der Waals surface area (Å²) in [6.45, 7) is 2.84. The van der Waals surface area contributed by atoms with E-state index in [-0.39, 0.29) is 0 Å².